The summed E-state index contributed by atoms with van der Waals surface area (Å²) in [6, 6.07) is 24.3. The summed E-state index contributed by atoms with van der Waals surface area (Å²) in [5, 5.41) is 0.626. The van der Waals surface area contributed by atoms with E-state index in [9.17, 15) is 4.79 Å². The van der Waals surface area contributed by atoms with Crippen LogP contribution in [0.2, 0.25) is 0 Å². The molecule has 6 aromatic rings. The number of nitrogens with one attached hydrogen (secondary N) is 1. The van der Waals surface area contributed by atoms with Crippen LogP contribution >= 0.6 is 35.3 Å². The highest BCUT2D eigenvalue weighted by Gasteiger charge is 2.21. The van der Waals surface area contributed by atoms with E-state index in [4.69, 9.17) is 22.2 Å². The molecule has 0 fully saturated rings. The van der Waals surface area contributed by atoms with Gasteiger partial charge in [0.05, 0.1) is 22.5 Å². The number of hydrogen-bond donors (Lipinski definition) is 1. The number of fused-ring (bicyclic) bond motifs is 2. The van der Waals surface area contributed by atoms with Crippen LogP contribution in [0.4, 0.5) is 0 Å². The molecule has 3 aromatic carbocycles. The Kier molecular flexibility index (Phi) is 6.73. The molecule has 0 aliphatic heterocycles. The molecule has 3 heterocycles. The van der Waals surface area contributed by atoms with Gasteiger partial charge in [-0.3, -0.25) is 9.36 Å². The molecular formula is C29H25N5OS3. The second-order valence-corrected chi connectivity index (χ2v) is 11.8. The van der Waals surface area contributed by atoms with E-state index in [1.807, 2.05) is 79.1 Å². The van der Waals surface area contributed by atoms with Gasteiger partial charge in [-0.1, -0.05) is 83.8 Å². The van der Waals surface area contributed by atoms with Crippen molar-refractivity contribution < 1.29 is 0 Å². The van der Waals surface area contributed by atoms with E-state index >= 15 is 0 Å². The zero-order valence-electron chi connectivity index (χ0n) is 21.0. The summed E-state index contributed by atoms with van der Waals surface area (Å²) in [5.74, 6) is 1.39. The molecule has 0 saturated heterocycles. The van der Waals surface area contributed by atoms with Gasteiger partial charge in [-0.05, 0) is 61.3 Å². The van der Waals surface area contributed by atoms with Gasteiger partial charge in [0.2, 0.25) is 0 Å². The predicted octanol–water partition coefficient (Wildman–Crippen LogP) is 7.01. The van der Waals surface area contributed by atoms with Crippen LogP contribution in [0.1, 0.15) is 22.5 Å². The lowest BCUT2D eigenvalue weighted by molar-refractivity contribution is 0.700. The third kappa shape index (κ3) is 4.62. The Balaban J connectivity index is 1.47. The van der Waals surface area contributed by atoms with E-state index < -0.39 is 0 Å². The fourth-order valence-corrected chi connectivity index (χ4v) is 6.89. The quantitative estimate of drug-likeness (QED) is 0.130. The van der Waals surface area contributed by atoms with Crippen LogP contribution in [0.15, 0.2) is 82.7 Å². The lowest BCUT2D eigenvalue weighted by Crippen LogP contribution is -2.23. The van der Waals surface area contributed by atoms with Crippen LogP contribution in [-0.4, -0.2) is 24.1 Å². The van der Waals surface area contributed by atoms with Crippen LogP contribution in [0.5, 0.6) is 0 Å². The molecular weight excluding hydrogens is 531 g/mol. The number of rotatable bonds is 7. The number of aromatic nitrogens is 5. The third-order valence-electron chi connectivity index (χ3n) is 6.57. The Hall–Kier alpha value is -3.53. The topological polar surface area (TPSA) is 68.5 Å². The molecule has 0 spiro atoms. The number of thiazole rings is 1. The maximum absolute atomic E-state index is 14.1. The number of aromatic amines is 1. The van der Waals surface area contributed by atoms with Gasteiger partial charge < -0.3 is 9.55 Å². The second-order valence-electron chi connectivity index (χ2n) is 9.17. The van der Waals surface area contributed by atoms with Crippen LogP contribution in [0.3, 0.4) is 0 Å². The summed E-state index contributed by atoms with van der Waals surface area (Å²) in [4.78, 5) is 27.3. The van der Waals surface area contributed by atoms with Gasteiger partial charge in [-0.2, -0.15) is 0 Å². The molecule has 0 bridgehead atoms. The Morgan fingerprint density at radius 3 is 2.45 bits per heavy atom. The zero-order valence-corrected chi connectivity index (χ0v) is 23.4. The monoisotopic (exact) mass is 555 g/mol. The van der Waals surface area contributed by atoms with E-state index in [1.165, 1.54) is 28.7 Å². The van der Waals surface area contributed by atoms with E-state index in [0.717, 1.165) is 40.1 Å². The highest BCUT2D eigenvalue weighted by atomic mass is 32.2. The van der Waals surface area contributed by atoms with Gasteiger partial charge in [0.15, 0.2) is 14.8 Å². The van der Waals surface area contributed by atoms with Crippen LogP contribution in [0.25, 0.3) is 27.1 Å². The molecule has 0 unspecified atom stereocenters. The van der Waals surface area contributed by atoms with Crippen molar-refractivity contribution in [1.82, 2.24) is 24.1 Å². The minimum atomic E-state index is -0.0888. The number of hydrogen-bond acceptors (Lipinski definition) is 6. The smallest absolute Gasteiger partial charge is 0.278 e. The number of aryl methyl sites for hydroxylation is 4. The molecule has 6 rings (SSSR count). The van der Waals surface area contributed by atoms with Gasteiger partial charge in [-0.15, -0.1) is 0 Å². The molecule has 0 saturated carbocycles. The van der Waals surface area contributed by atoms with Crippen molar-refractivity contribution in [2.24, 2.45) is 0 Å². The van der Waals surface area contributed by atoms with Gasteiger partial charge in [0.25, 0.3) is 5.56 Å². The SMILES string of the molecule is Cc1cccc(C)c1-n1c(SCc2nc3ccccc3[nH]2)nc2c(sc(=S)n2CCc2ccccc2)c1=O. The van der Waals surface area contributed by atoms with Crippen molar-refractivity contribution in [2.75, 3.05) is 0 Å². The summed E-state index contributed by atoms with van der Waals surface area (Å²) >= 11 is 8.58. The van der Waals surface area contributed by atoms with Crippen molar-refractivity contribution >= 4 is 56.7 Å². The number of nitrogens with zero attached hydrogens (tertiary/aromatic N) is 4. The predicted molar refractivity (Wildman–Crippen MR) is 159 cm³/mol. The van der Waals surface area contributed by atoms with Crippen molar-refractivity contribution in [1.29, 1.82) is 0 Å². The van der Waals surface area contributed by atoms with Crippen molar-refractivity contribution in [3.8, 4) is 5.69 Å². The minimum absolute atomic E-state index is 0.0888. The molecule has 190 valence electrons. The normalized spacial score (nSPS) is 11.5. The molecule has 0 atom stereocenters. The van der Waals surface area contributed by atoms with Gasteiger partial charge in [0.1, 0.15) is 10.5 Å². The number of para-hydroxylation sites is 3. The van der Waals surface area contributed by atoms with E-state index in [-0.39, 0.29) is 5.56 Å². The first-order valence-corrected chi connectivity index (χ1v) is 14.5. The average molecular weight is 556 g/mol. The Morgan fingerprint density at radius 2 is 1.68 bits per heavy atom. The first-order valence-electron chi connectivity index (χ1n) is 12.3. The van der Waals surface area contributed by atoms with Gasteiger partial charge in [0, 0.05) is 6.54 Å². The molecule has 3 aromatic heterocycles. The van der Waals surface area contributed by atoms with Crippen LogP contribution in [-0.2, 0) is 18.7 Å². The highest BCUT2D eigenvalue weighted by Crippen LogP contribution is 2.29. The number of thioether (sulfide) groups is 1. The van der Waals surface area contributed by atoms with Crippen molar-refractivity contribution in [3.63, 3.8) is 0 Å². The van der Waals surface area contributed by atoms with Gasteiger partial charge in [-0.25, -0.2) is 9.97 Å². The summed E-state index contributed by atoms with van der Waals surface area (Å²) in [6.07, 6.45) is 0.810. The lowest BCUT2D eigenvalue weighted by Gasteiger charge is -2.16. The number of benzene rings is 3. The first-order chi connectivity index (χ1) is 18.5. The maximum Gasteiger partial charge on any atom is 0.278 e. The summed E-state index contributed by atoms with van der Waals surface area (Å²) in [6.45, 7) is 4.72. The van der Waals surface area contributed by atoms with Crippen LogP contribution < -0.4 is 5.56 Å². The fourth-order valence-electron chi connectivity index (χ4n) is 4.72. The highest BCUT2D eigenvalue weighted by molar-refractivity contribution is 7.98. The minimum Gasteiger partial charge on any atom is -0.341 e. The summed E-state index contributed by atoms with van der Waals surface area (Å²) in [7, 11) is 0. The van der Waals surface area contributed by atoms with E-state index in [0.29, 0.717) is 31.8 Å². The number of H-pyrrole nitrogens is 1. The van der Waals surface area contributed by atoms with Gasteiger partial charge >= 0.3 is 0 Å². The fraction of sp³-hybridized carbons (Fsp3) is 0.172. The van der Waals surface area contributed by atoms with E-state index in [1.54, 1.807) is 4.57 Å². The molecule has 6 nitrogen and oxygen atoms in total. The molecule has 9 heteroatoms. The molecule has 38 heavy (non-hydrogen) atoms. The standard InChI is InChI=1S/C29H25N5OS3/c1-18-9-8-10-19(2)24(18)34-27(35)25-26(33(29(36)38-25)16-15-20-11-4-3-5-12-20)32-28(34)37-17-23-30-21-13-6-7-14-22(21)31-23/h3-14H,15-17H2,1-2H3,(H,30,31). The molecule has 0 amide bonds. The Bertz CT molecular complexity index is 1850. The number of imidazole rings is 1. The summed E-state index contributed by atoms with van der Waals surface area (Å²) < 4.78 is 5.00. The van der Waals surface area contributed by atoms with Crippen molar-refractivity contribution in [3.05, 3.63) is 110 Å². The lowest BCUT2D eigenvalue weighted by atomic mass is 10.1. The Labute approximate surface area is 233 Å². The van der Waals surface area contributed by atoms with E-state index in [2.05, 4.69) is 17.1 Å². The zero-order chi connectivity index (χ0) is 26.2. The average Bonchev–Trinajstić information content (AvgIpc) is 3.48. The molecule has 1 N–H and O–H groups in total. The molecule has 0 aliphatic rings. The third-order valence-corrected chi connectivity index (χ3v) is 8.94. The largest absolute Gasteiger partial charge is 0.341 e. The van der Waals surface area contributed by atoms with Crippen LogP contribution in [0, 0.1) is 17.8 Å². The summed E-state index contributed by atoms with van der Waals surface area (Å²) in [5.41, 5.74) is 6.60. The Morgan fingerprint density at radius 1 is 0.947 bits per heavy atom. The first kappa shape index (κ1) is 24.8. The molecule has 0 radical (unpaired) electrons. The maximum atomic E-state index is 14.1. The van der Waals surface area contributed by atoms with Crippen molar-refractivity contribution in [2.45, 2.75) is 37.7 Å². The molecule has 0 aliphatic carbocycles. The second kappa shape index (κ2) is 10.3.